The normalized spacial score (nSPS) is 16.5. The molecule has 4 heteroatoms. The molecule has 0 radical (unpaired) electrons. The molecule has 0 amide bonds. The molecule has 0 fully saturated rings. The molecule has 2 rings (SSSR count). The molecule has 0 saturated heterocycles. The van der Waals surface area contributed by atoms with Gasteiger partial charge in [0.2, 0.25) is 0 Å². The Labute approximate surface area is 155 Å². The van der Waals surface area contributed by atoms with Crippen LogP contribution in [0.3, 0.4) is 0 Å². The molecular weight excluding hydrogens is 363 g/mol. The van der Waals surface area contributed by atoms with Gasteiger partial charge in [-0.25, -0.2) is 0 Å². The zero-order valence-electron chi connectivity index (χ0n) is 14.7. The molecule has 0 atom stereocenters. The van der Waals surface area contributed by atoms with E-state index in [2.05, 4.69) is 65.1 Å². The second kappa shape index (κ2) is 9.69. The molecule has 124 valence electrons. The van der Waals surface area contributed by atoms with Gasteiger partial charge < -0.3 is 0 Å². The first-order valence-corrected chi connectivity index (χ1v) is 14.3. The number of hydrogen-bond donors (Lipinski definition) is 0. The summed E-state index contributed by atoms with van der Waals surface area (Å²) in [6, 6.07) is 0. The van der Waals surface area contributed by atoms with E-state index in [0.29, 0.717) is 11.8 Å². The zero-order chi connectivity index (χ0) is 14.9. The summed E-state index contributed by atoms with van der Waals surface area (Å²) in [5.74, 6) is 1.40. The monoisotopic (exact) mass is 392 g/mol. The minimum Gasteiger partial charge on any atom is -0.147 e. The predicted molar refractivity (Wildman–Crippen MR) is 103 cm³/mol. The van der Waals surface area contributed by atoms with E-state index in [-0.39, 0.29) is 31.0 Å². The SMILES string of the molecule is CC(C)C1=[C]([Ti]([C]2=C(C(C)C)C=CC2)=[Si](C)C)CC=C1.Cl.Cl. The maximum absolute atomic E-state index is 2.56. The van der Waals surface area contributed by atoms with E-state index < -0.39 is 16.6 Å². The van der Waals surface area contributed by atoms with Crippen LogP contribution in [0.5, 0.6) is 0 Å². The van der Waals surface area contributed by atoms with Crippen LogP contribution >= 0.6 is 24.8 Å². The Morgan fingerprint density at radius 3 is 1.45 bits per heavy atom. The Bertz CT molecular complexity index is 516. The minimum absolute atomic E-state index is 0. The van der Waals surface area contributed by atoms with E-state index in [4.69, 9.17) is 0 Å². The van der Waals surface area contributed by atoms with Gasteiger partial charge in [-0.1, -0.05) is 0 Å². The number of hydrogen-bond acceptors (Lipinski definition) is 0. The van der Waals surface area contributed by atoms with Crippen molar-refractivity contribution in [3.05, 3.63) is 43.2 Å². The van der Waals surface area contributed by atoms with Crippen LogP contribution in [-0.4, -0.2) is 6.19 Å². The van der Waals surface area contributed by atoms with Crippen molar-refractivity contribution in [1.82, 2.24) is 0 Å². The third-order valence-corrected chi connectivity index (χ3v) is 15.9. The van der Waals surface area contributed by atoms with Crippen LogP contribution in [0.2, 0.25) is 13.1 Å². The summed E-state index contributed by atoms with van der Waals surface area (Å²) in [6.45, 7) is 14.6. The van der Waals surface area contributed by atoms with Gasteiger partial charge in [0, 0.05) is 0 Å². The molecular formula is C18H30Cl2SiTi. The number of rotatable bonds is 4. The van der Waals surface area contributed by atoms with Gasteiger partial charge >= 0.3 is 131 Å². The van der Waals surface area contributed by atoms with E-state index in [0.717, 1.165) is 0 Å². The van der Waals surface area contributed by atoms with Gasteiger partial charge in [0.25, 0.3) is 0 Å². The summed E-state index contributed by atoms with van der Waals surface area (Å²) in [5.41, 5.74) is 3.38. The van der Waals surface area contributed by atoms with Crippen molar-refractivity contribution in [3.8, 4) is 0 Å². The molecule has 0 heterocycles. The zero-order valence-corrected chi connectivity index (χ0v) is 18.9. The van der Waals surface area contributed by atoms with E-state index in [1.807, 2.05) is 7.76 Å². The summed E-state index contributed by atoms with van der Waals surface area (Å²) in [4.78, 5) is 0. The number of halogens is 2. The third kappa shape index (κ3) is 4.74. The third-order valence-electron chi connectivity index (χ3n) is 4.28. The topological polar surface area (TPSA) is 0 Å². The molecule has 0 aromatic heterocycles. The Morgan fingerprint density at radius 1 is 0.818 bits per heavy atom. The van der Waals surface area contributed by atoms with Crippen molar-refractivity contribution in [2.75, 3.05) is 0 Å². The van der Waals surface area contributed by atoms with Crippen molar-refractivity contribution in [3.63, 3.8) is 0 Å². The van der Waals surface area contributed by atoms with Crippen LogP contribution in [0.25, 0.3) is 0 Å². The first-order chi connectivity index (χ1) is 9.43. The van der Waals surface area contributed by atoms with Crippen LogP contribution in [0, 0.1) is 11.8 Å². The second-order valence-corrected chi connectivity index (χ2v) is 18.6. The van der Waals surface area contributed by atoms with Crippen molar-refractivity contribution in [1.29, 1.82) is 0 Å². The Kier molecular flexibility index (Phi) is 9.90. The molecule has 2 aliphatic rings. The van der Waals surface area contributed by atoms with Gasteiger partial charge in [0.05, 0.1) is 0 Å². The summed E-state index contributed by atoms with van der Waals surface area (Å²) in [7, 11) is 0. The molecule has 0 N–H and O–H groups in total. The van der Waals surface area contributed by atoms with E-state index >= 15 is 0 Å². The van der Waals surface area contributed by atoms with Gasteiger partial charge in [-0.2, -0.15) is 0 Å². The maximum atomic E-state index is 2.56. The average molecular weight is 393 g/mol. The Balaban J connectivity index is 0.00000220. The molecule has 0 nitrogen and oxygen atoms in total. The van der Waals surface area contributed by atoms with E-state index in [9.17, 15) is 0 Å². The molecule has 0 unspecified atom stereocenters. The predicted octanol–water partition coefficient (Wildman–Crippen LogP) is 6.44. The number of allylic oxidation sites excluding steroid dienone is 8. The van der Waals surface area contributed by atoms with E-state index in [1.165, 1.54) is 12.8 Å². The van der Waals surface area contributed by atoms with Gasteiger partial charge in [-0.3, -0.25) is 0 Å². The van der Waals surface area contributed by atoms with Crippen LogP contribution in [0.4, 0.5) is 0 Å². The first kappa shape index (κ1) is 22.5. The first-order valence-electron chi connectivity index (χ1n) is 7.90. The standard InChI is InChI=1S/2C8H11.C2H6Si.2ClH.Ti/c2*1-7(2)8-5-3-4-6-8;1-3-2;;;/h2*3,5,7H,4H2,1-2H3;1-2H3;2*1H;. The largest absolute Gasteiger partial charge is 0.147 e. The molecule has 0 spiro atoms. The van der Waals surface area contributed by atoms with Crippen LogP contribution in [0.15, 0.2) is 43.2 Å². The summed E-state index contributed by atoms with van der Waals surface area (Å²) >= 11 is -1.23. The van der Waals surface area contributed by atoms with Gasteiger partial charge in [-0.05, 0) is 0 Å². The van der Waals surface area contributed by atoms with Gasteiger partial charge in [-0.15, -0.1) is 24.8 Å². The van der Waals surface area contributed by atoms with Crippen LogP contribution in [0.1, 0.15) is 40.5 Å². The second-order valence-electron chi connectivity index (χ2n) is 6.77. The average Bonchev–Trinajstić information content (AvgIpc) is 2.97. The van der Waals surface area contributed by atoms with Crippen molar-refractivity contribution >= 4 is 31.0 Å². The van der Waals surface area contributed by atoms with Crippen molar-refractivity contribution in [2.45, 2.75) is 53.6 Å². The minimum atomic E-state index is -1.23. The van der Waals surface area contributed by atoms with Gasteiger partial charge in [0.1, 0.15) is 0 Å². The molecule has 0 bridgehead atoms. The molecule has 0 aromatic rings. The smallest absolute Gasteiger partial charge is 0.147 e. The summed E-state index contributed by atoms with van der Waals surface area (Å²) in [5, 5.41) is 0. The Hall–Kier alpha value is 0.471. The van der Waals surface area contributed by atoms with Gasteiger partial charge in [0.15, 0.2) is 0 Å². The fourth-order valence-corrected chi connectivity index (χ4v) is 15.9. The Morgan fingerprint density at radius 2 is 1.18 bits per heavy atom. The van der Waals surface area contributed by atoms with Crippen LogP contribution < -0.4 is 0 Å². The summed E-state index contributed by atoms with van der Waals surface area (Å²) < 4.78 is 3.80. The summed E-state index contributed by atoms with van der Waals surface area (Å²) in [6.07, 6.45) is 12.0. The quantitative estimate of drug-likeness (QED) is 0.482. The molecule has 0 saturated carbocycles. The molecule has 22 heavy (non-hydrogen) atoms. The molecule has 0 aromatic carbocycles. The van der Waals surface area contributed by atoms with Crippen molar-refractivity contribution in [2.24, 2.45) is 11.8 Å². The van der Waals surface area contributed by atoms with Crippen molar-refractivity contribution < 1.29 is 16.6 Å². The molecule has 2 aliphatic carbocycles. The van der Waals surface area contributed by atoms with E-state index in [1.54, 1.807) is 11.1 Å². The fraction of sp³-hybridized carbons (Fsp3) is 0.556. The molecule has 0 aliphatic heterocycles. The van der Waals surface area contributed by atoms with Crippen LogP contribution in [-0.2, 0) is 16.6 Å². The maximum Gasteiger partial charge on any atom is -0.147 e. The fourth-order valence-electron chi connectivity index (χ4n) is 3.40.